The highest BCUT2D eigenvalue weighted by Crippen LogP contribution is 2.37. The average molecular weight is 210 g/mol. The molecule has 0 atom stereocenters. The van der Waals surface area contributed by atoms with Crippen LogP contribution in [0.3, 0.4) is 0 Å². The summed E-state index contributed by atoms with van der Waals surface area (Å²) in [5.74, 6) is 0. The van der Waals surface area contributed by atoms with Gasteiger partial charge in [-0.3, -0.25) is 0 Å². The van der Waals surface area contributed by atoms with Gasteiger partial charge in [-0.1, -0.05) is 13.8 Å². The lowest BCUT2D eigenvalue weighted by Crippen LogP contribution is -2.48. The van der Waals surface area contributed by atoms with E-state index in [1.54, 1.807) is 0 Å². The Morgan fingerprint density at radius 3 is 2.13 bits per heavy atom. The number of nitrogens with one attached hydrogen (secondary N) is 1. The summed E-state index contributed by atoms with van der Waals surface area (Å²) in [6, 6.07) is 0.857. The van der Waals surface area contributed by atoms with Gasteiger partial charge in [0.1, 0.15) is 0 Å². The molecule has 2 nitrogen and oxygen atoms in total. The first-order valence-electron chi connectivity index (χ1n) is 6.78. The highest BCUT2D eigenvalue weighted by Gasteiger charge is 2.44. The van der Waals surface area contributed by atoms with Crippen LogP contribution in [0.1, 0.15) is 52.4 Å². The van der Waals surface area contributed by atoms with Crippen molar-refractivity contribution in [1.29, 1.82) is 0 Å². The quantitative estimate of drug-likeness (QED) is 0.724. The highest BCUT2D eigenvalue weighted by molar-refractivity contribution is 5.05. The number of hydrogen-bond donors (Lipinski definition) is 1. The van der Waals surface area contributed by atoms with Crippen LogP contribution in [0, 0.1) is 0 Å². The van der Waals surface area contributed by atoms with E-state index < -0.39 is 0 Å². The molecule has 15 heavy (non-hydrogen) atoms. The molecule has 0 aromatic rings. The molecule has 0 unspecified atom stereocenters. The fourth-order valence-corrected chi connectivity index (χ4v) is 3.43. The smallest absolute Gasteiger partial charge is 0.0312 e. The Morgan fingerprint density at radius 2 is 1.73 bits per heavy atom. The molecule has 0 spiro atoms. The van der Waals surface area contributed by atoms with E-state index >= 15 is 0 Å². The van der Waals surface area contributed by atoms with Crippen molar-refractivity contribution < 1.29 is 0 Å². The molecule has 0 aromatic carbocycles. The molecular weight excluding hydrogens is 184 g/mol. The van der Waals surface area contributed by atoms with E-state index in [1.807, 2.05) is 0 Å². The van der Waals surface area contributed by atoms with Crippen molar-refractivity contribution in [3.8, 4) is 0 Å². The minimum absolute atomic E-state index is 0.509. The van der Waals surface area contributed by atoms with Crippen LogP contribution in [0.4, 0.5) is 0 Å². The number of rotatable bonds is 6. The largest absolute Gasteiger partial charge is 0.307 e. The molecule has 2 aliphatic rings. The van der Waals surface area contributed by atoms with Crippen molar-refractivity contribution in [3.05, 3.63) is 0 Å². The molecular formula is C13H26N2. The topological polar surface area (TPSA) is 15.3 Å². The summed E-state index contributed by atoms with van der Waals surface area (Å²) < 4.78 is 0. The van der Waals surface area contributed by atoms with Crippen molar-refractivity contribution in [3.63, 3.8) is 0 Å². The van der Waals surface area contributed by atoms with Gasteiger partial charge in [0.2, 0.25) is 0 Å². The molecule has 0 aliphatic carbocycles. The first-order chi connectivity index (χ1) is 7.28. The normalized spacial score (nSPS) is 34.2. The van der Waals surface area contributed by atoms with Crippen LogP contribution in [-0.2, 0) is 0 Å². The first-order valence-corrected chi connectivity index (χ1v) is 6.78. The summed E-state index contributed by atoms with van der Waals surface area (Å²) in [5, 5.41) is 3.85. The van der Waals surface area contributed by atoms with Gasteiger partial charge in [-0.05, 0) is 51.6 Å². The second kappa shape index (κ2) is 4.84. The maximum Gasteiger partial charge on any atom is 0.0312 e. The maximum absolute atomic E-state index is 3.85. The number of nitrogens with zero attached hydrogens (tertiary/aromatic N) is 1. The third-order valence-corrected chi connectivity index (χ3v) is 4.06. The molecule has 0 saturated carbocycles. The summed E-state index contributed by atoms with van der Waals surface area (Å²) in [6.45, 7) is 8.44. The van der Waals surface area contributed by atoms with Gasteiger partial charge in [0.15, 0.2) is 0 Å². The van der Waals surface area contributed by atoms with Crippen LogP contribution < -0.4 is 5.32 Å². The van der Waals surface area contributed by atoms with E-state index in [9.17, 15) is 0 Å². The van der Waals surface area contributed by atoms with Crippen LogP contribution in [0.2, 0.25) is 0 Å². The summed E-state index contributed by atoms with van der Waals surface area (Å²) in [6.07, 6.45) is 8.26. The molecule has 2 fully saturated rings. The highest BCUT2D eigenvalue weighted by atomic mass is 15.2. The van der Waals surface area contributed by atoms with E-state index in [4.69, 9.17) is 0 Å². The van der Waals surface area contributed by atoms with E-state index in [-0.39, 0.29) is 0 Å². The maximum atomic E-state index is 3.85. The van der Waals surface area contributed by atoms with Gasteiger partial charge in [-0.25, -0.2) is 0 Å². The average Bonchev–Trinajstić information content (AvgIpc) is 2.78. The summed E-state index contributed by atoms with van der Waals surface area (Å²) in [5.41, 5.74) is 0.509. The molecule has 1 N–H and O–H groups in total. The molecule has 2 bridgehead atoms. The molecule has 2 aliphatic heterocycles. The second-order valence-electron chi connectivity index (χ2n) is 5.48. The third-order valence-electron chi connectivity index (χ3n) is 4.06. The SMILES string of the molecule is CCCN(CCC)CC12CCC(CC1)N2. The van der Waals surface area contributed by atoms with E-state index in [2.05, 4.69) is 24.1 Å². The monoisotopic (exact) mass is 210 g/mol. The van der Waals surface area contributed by atoms with E-state index in [1.165, 1.54) is 58.2 Å². The minimum atomic E-state index is 0.509. The molecule has 88 valence electrons. The van der Waals surface area contributed by atoms with Gasteiger partial charge in [-0.2, -0.15) is 0 Å². The van der Waals surface area contributed by atoms with Gasteiger partial charge < -0.3 is 10.2 Å². The summed E-state index contributed by atoms with van der Waals surface area (Å²) >= 11 is 0. The van der Waals surface area contributed by atoms with Gasteiger partial charge in [-0.15, -0.1) is 0 Å². The second-order valence-corrected chi connectivity index (χ2v) is 5.48. The van der Waals surface area contributed by atoms with Crippen LogP contribution in [-0.4, -0.2) is 36.1 Å². The lowest BCUT2D eigenvalue weighted by atomic mass is 9.87. The van der Waals surface area contributed by atoms with Crippen molar-refractivity contribution >= 4 is 0 Å². The molecule has 2 heterocycles. The van der Waals surface area contributed by atoms with Crippen molar-refractivity contribution in [1.82, 2.24) is 10.2 Å². The van der Waals surface area contributed by atoms with Crippen molar-refractivity contribution in [2.45, 2.75) is 64.0 Å². The molecule has 2 rings (SSSR count). The fourth-order valence-electron chi connectivity index (χ4n) is 3.43. The first kappa shape index (κ1) is 11.4. The van der Waals surface area contributed by atoms with Gasteiger partial charge >= 0.3 is 0 Å². The summed E-state index contributed by atoms with van der Waals surface area (Å²) in [7, 11) is 0. The standard InChI is InChI=1S/C13H26N2/c1-3-9-15(10-4-2)11-13-7-5-12(14-13)6-8-13/h12,14H,3-11H2,1-2H3. The van der Waals surface area contributed by atoms with Crippen molar-refractivity contribution in [2.24, 2.45) is 0 Å². The molecule has 2 saturated heterocycles. The zero-order chi connectivity index (χ0) is 10.7. The summed E-state index contributed by atoms with van der Waals surface area (Å²) in [4.78, 5) is 2.67. The van der Waals surface area contributed by atoms with Crippen LogP contribution in [0.15, 0.2) is 0 Å². The Hall–Kier alpha value is -0.0800. The Morgan fingerprint density at radius 1 is 1.13 bits per heavy atom. The predicted octanol–water partition coefficient (Wildman–Crippen LogP) is 2.39. The van der Waals surface area contributed by atoms with Crippen molar-refractivity contribution in [2.75, 3.05) is 19.6 Å². The molecule has 2 heteroatoms. The lowest BCUT2D eigenvalue weighted by Gasteiger charge is -2.33. The fraction of sp³-hybridized carbons (Fsp3) is 1.00. The van der Waals surface area contributed by atoms with Gasteiger partial charge in [0.05, 0.1) is 0 Å². The van der Waals surface area contributed by atoms with Crippen LogP contribution >= 0.6 is 0 Å². The van der Waals surface area contributed by atoms with Crippen LogP contribution in [0.5, 0.6) is 0 Å². The number of fused-ring (bicyclic) bond motifs is 2. The van der Waals surface area contributed by atoms with Crippen LogP contribution in [0.25, 0.3) is 0 Å². The molecule has 0 radical (unpaired) electrons. The lowest BCUT2D eigenvalue weighted by molar-refractivity contribution is 0.195. The third kappa shape index (κ3) is 2.54. The van der Waals surface area contributed by atoms with E-state index in [0.717, 1.165) is 6.04 Å². The Bertz CT molecular complexity index is 189. The predicted molar refractivity (Wildman–Crippen MR) is 65.1 cm³/mol. The zero-order valence-corrected chi connectivity index (χ0v) is 10.4. The Labute approximate surface area is 94.4 Å². The molecule has 0 aromatic heterocycles. The number of hydrogen-bond acceptors (Lipinski definition) is 2. The zero-order valence-electron chi connectivity index (χ0n) is 10.4. The molecule has 0 amide bonds. The minimum Gasteiger partial charge on any atom is -0.307 e. The Kier molecular flexibility index (Phi) is 3.68. The van der Waals surface area contributed by atoms with Gasteiger partial charge in [0.25, 0.3) is 0 Å². The van der Waals surface area contributed by atoms with E-state index in [0.29, 0.717) is 5.54 Å². The van der Waals surface area contributed by atoms with Gasteiger partial charge in [0, 0.05) is 18.1 Å². The Balaban J connectivity index is 1.87.